The Kier molecular flexibility index (Phi) is 3.91. The van der Waals surface area contributed by atoms with E-state index in [0.29, 0.717) is 5.69 Å². The van der Waals surface area contributed by atoms with Crippen LogP contribution >= 0.6 is 0 Å². The summed E-state index contributed by atoms with van der Waals surface area (Å²) in [6.45, 7) is 4.50. The van der Waals surface area contributed by atoms with E-state index in [1.165, 1.54) is 10.1 Å². The Bertz CT molecular complexity index is 1080. The van der Waals surface area contributed by atoms with Crippen molar-refractivity contribution in [2.24, 2.45) is 0 Å². The van der Waals surface area contributed by atoms with Gasteiger partial charge in [0.15, 0.2) is 0 Å². The number of nitrogens with zero attached hydrogens (tertiary/aromatic N) is 1. The van der Waals surface area contributed by atoms with Crippen molar-refractivity contribution in [3.8, 4) is 11.3 Å². The molecule has 0 saturated heterocycles. The van der Waals surface area contributed by atoms with E-state index >= 15 is 0 Å². The van der Waals surface area contributed by atoms with E-state index in [1.54, 1.807) is 0 Å². The zero-order valence-electron chi connectivity index (χ0n) is 15.1. The predicted molar refractivity (Wildman–Crippen MR) is 104 cm³/mol. The van der Waals surface area contributed by atoms with Crippen molar-refractivity contribution in [1.29, 1.82) is 0 Å². The second-order valence-corrected chi connectivity index (χ2v) is 7.31. The molecule has 1 aromatic heterocycles. The molecule has 0 bridgehead atoms. The number of benzene rings is 2. The monoisotopic (exact) mass is 346 g/mol. The molecule has 1 N–H and O–H groups in total. The summed E-state index contributed by atoms with van der Waals surface area (Å²) in [4.78, 5) is 29.1. The van der Waals surface area contributed by atoms with Crippen molar-refractivity contribution in [2.45, 2.75) is 38.6 Å². The number of nitrogens with one attached hydrogen (secondary N) is 1. The van der Waals surface area contributed by atoms with Crippen LogP contribution in [-0.4, -0.2) is 9.55 Å². The molecule has 26 heavy (non-hydrogen) atoms. The zero-order valence-corrected chi connectivity index (χ0v) is 15.1. The number of aromatic amines is 1. The number of rotatable bonds is 3. The molecular weight excluding hydrogens is 324 g/mol. The highest BCUT2D eigenvalue weighted by Gasteiger charge is 2.37. The molecule has 132 valence electrons. The quantitative estimate of drug-likeness (QED) is 0.789. The molecule has 0 unspecified atom stereocenters. The van der Waals surface area contributed by atoms with E-state index in [2.05, 4.69) is 24.9 Å². The van der Waals surface area contributed by atoms with Gasteiger partial charge in [0.25, 0.3) is 5.56 Å². The molecule has 0 spiro atoms. The lowest BCUT2D eigenvalue weighted by Gasteiger charge is -2.35. The third-order valence-electron chi connectivity index (χ3n) is 5.62. The summed E-state index contributed by atoms with van der Waals surface area (Å²) >= 11 is 0. The molecule has 4 nitrogen and oxygen atoms in total. The summed E-state index contributed by atoms with van der Waals surface area (Å²) < 4.78 is 1.33. The van der Waals surface area contributed by atoms with E-state index in [4.69, 9.17) is 0 Å². The Hall–Kier alpha value is -2.88. The highest BCUT2D eigenvalue weighted by Crippen LogP contribution is 2.41. The van der Waals surface area contributed by atoms with Crippen LogP contribution in [0.1, 0.15) is 37.0 Å². The molecule has 0 radical (unpaired) electrons. The van der Waals surface area contributed by atoms with Crippen LogP contribution in [0.15, 0.2) is 64.2 Å². The second-order valence-electron chi connectivity index (χ2n) is 7.31. The lowest BCUT2D eigenvalue weighted by atomic mass is 9.69. The van der Waals surface area contributed by atoms with Gasteiger partial charge in [0.05, 0.1) is 12.2 Å². The number of hydrogen-bond acceptors (Lipinski definition) is 2. The molecule has 0 fully saturated rings. The largest absolute Gasteiger partial charge is 0.329 e. The number of fused-ring (bicyclic) bond motifs is 3. The first-order chi connectivity index (χ1) is 12.5. The number of aromatic nitrogens is 2. The van der Waals surface area contributed by atoms with E-state index in [9.17, 15) is 9.59 Å². The van der Waals surface area contributed by atoms with Gasteiger partial charge >= 0.3 is 5.69 Å². The predicted octanol–water partition coefficient (Wildman–Crippen LogP) is 3.48. The highest BCUT2D eigenvalue weighted by molar-refractivity contribution is 5.71. The van der Waals surface area contributed by atoms with Gasteiger partial charge < -0.3 is 4.98 Å². The van der Waals surface area contributed by atoms with Crippen LogP contribution in [0.3, 0.4) is 0 Å². The molecule has 2 aromatic carbocycles. The van der Waals surface area contributed by atoms with Gasteiger partial charge in [0.2, 0.25) is 0 Å². The molecule has 1 aliphatic carbocycles. The van der Waals surface area contributed by atoms with Crippen molar-refractivity contribution in [1.82, 2.24) is 9.55 Å². The molecule has 0 amide bonds. The van der Waals surface area contributed by atoms with Crippen molar-refractivity contribution in [2.75, 3.05) is 0 Å². The van der Waals surface area contributed by atoms with E-state index in [0.717, 1.165) is 29.5 Å². The van der Waals surface area contributed by atoms with Crippen LogP contribution in [0, 0.1) is 0 Å². The van der Waals surface area contributed by atoms with Crippen LogP contribution < -0.4 is 11.2 Å². The molecule has 1 heterocycles. The van der Waals surface area contributed by atoms with E-state index < -0.39 is 0 Å². The standard InChI is InChI=1S/C22H22N2O2/c1-3-22(2)13-16-11-7-8-12-17(16)19-18(22)20(25)24(21(26)23-19)14-15-9-5-4-6-10-15/h4-12H,3,13-14H2,1-2H3,(H,23,26)/t22-/m0/s1. The average Bonchev–Trinajstić information content (AvgIpc) is 2.65. The summed E-state index contributed by atoms with van der Waals surface area (Å²) in [6, 6.07) is 17.6. The summed E-state index contributed by atoms with van der Waals surface area (Å²) in [5, 5.41) is 0. The van der Waals surface area contributed by atoms with Gasteiger partial charge in [-0.05, 0) is 24.0 Å². The molecule has 1 aliphatic rings. The van der Waals surface area contributed by atoms with Crippen molar-refractivity contribution < 1.29 is 0 Å². The van der Waals surface area contributed by atoms with E-state index in [-0.39, 0.29) is 23.2 Å². The SMILES string of the molecule is CC[C@@]1(C)Cc2ccccc2-c2[nH]c(=O)n(Cc3ccccc3)c(=O)c21. The van der Waals surface area contributed by atoms with Crippen LogP contribution in [-0.2, 0) is 18.4 Å². The topological polar surface area (TPSA) is 54.9 Å². The number of hydrogen-bond donors (Lipinski definition) is 1. The van der Waals surface area contributed by atoms with E-state index in [1.807, 2.05) is 48.5 Å². The summed E-state index contributed by atoms with van der Waals surface area (Å²) in [5.41, 5.74) is 3.69. The Balaban J connectivity index is 1.97. The van der Waals surface area contributed by atoms with Crippen LogP contribution in [0.25, 0.3) is 11.3 Å². The van der Waals surface area contributed by atoms with Gasteiger partial charge in [-0.3, -0.25) is 9.36 Å². The molecule has 3 aromatic rings. The second kappa shape index (κ2) is 6.13. The minimum Gasteiger partial charge on any atom is -0.306 e. The maximum absolute atomic E-state index is 13.4. The van der Waals surface area contributed by atoms with Gasteiger partial charge in [-0.15, -0.1) is 0 Å². The first-order valence-corrected chi connectivity index (χ1v) is 9.03. The van der Waals surface area contributed by atoms with Crippen molar-refractivity contribution >= 4 is 0 Å². The van der Waals surface area contributed by atoms with Crippen LogP contribution in [0.4, 0.5) is 0 Å². The first kappa shape index (κ1) is 16.6. The minimum absolute atomic E-state index is 0.175. The summed E-state index contributed by atoms with van der Waals surface area (Å²) in [6.07, 6.45) is 1.64. The molecule has 0 aliphatic heterocycles. The smallest absolute Gasteiger partial charge is 0.306 e. The Labute approximate surface area is 152 Å². The minimum atomic E-state index is -0.354. The van der Waals surface area contributed by atoms with Gasteiger partial charge in [-0.2, -0.15) is 0 Å². The van der Waals surface area contributed by atoms with Gasteiger partial charge in [-0.1, -0.05) is 68.4 Å². The third-order valence-corrected chi connectivity index (χ3v) is 5.62. The molecule has 4 rings (SSSR count). The first-order valence-electron chi connectivity index (χ1n) is 9.03. The molecule has 0 saturated carbocycles. The fraction of sp³-hybridized carbons (Fsp3) is 0.273. The molecular formula is C22H22N2O2. The summed E-state index contributed by atoms with van der Waals surface area (Å²) in [5.74, 6) is 0. The van der Waals surface area contributed by atoms with Crippen LogP contribution in [0.2, 0.25) is 0 Å². The lowest BCUT2D eigenvalue weighted by molar-refractivity contribution is 0.433. The summed E-state index contributed by atoms with van der Waals surface area (Å²) in [7, 11) is 0. The third kappa shape index (κ3) is 2.53. The van der Waals surface area contributed by atoms with Crippen molar-refractivity contribution in [3.05, 3.63) is 92.1 Å². The highest BCUT2D eigenvalue weighted by atomic mass is 16.2. The van der Waals surface area contributed by atoms with Crippen LogP contribution in [0.5, 0.6) is 0 Å². The Morgan fingerprint density at radius 2 is 1.73 bits per heavy atom. The Morgan fingerprint density at radius 1 is 1.04 bits per heavy atom. The fourth-order valence-corrected chi connectivity index (χ4v) is 3.97. The molecule has 1 atom stereocenters. The maximum atomic E-state index is 13.4. The maximum Gasteiger partial charge on any atom is 0.329 e. The van der Waals surface area contributed by atoms with Gasteiger partial charge in [0.1, 0.15) is 0 Å². The number of H-pyrrole nitrogens is 1. The van der Waals surface area contributed by atoms with Gasteiger partial charge in [0, 0.05) is 16.5 Å². The average molecular weight is 346 g/mol. The normalized spacial score (nSPS) is 18.2. The Morgan fingerprint density at radius 3 is 2.46 bits per heavy atom. The zero-order chi connectivity index (χ0) is 18.3. The fourth-order valence-electron chi connectivity index (χ4n) is 3.97. The van der Waals surface area contributed by atoms with Gasteiger partial charge in [-0.25, -0.2) is 4.79 Å². The molecule has 4 heteroatoms. The lowest BCUT2D eigenvalue weighted by Crippen LogP contribution is -2.45. The van der Waals surface area contributed by atoms with Crippen molar-refractivity contribution in [3.63, 3.8) is 0 Å².